The zero-order chi connectivity index (χ0) is 16.4. The number of hydrogen-bond acceptors (Lipinski definition) is 3. The molecule has 2 fully saturated rings. The predicted molar refractivity (Wildman–Crippen MR) is 88.2 cm³/mol. The van der Waals surface area contributed by atoms with Crippen LogP contribution in [0, 0.1) is 11.7 Å². The van der Waals surface area contributed by atoms with Gasteiger partial charge >= 0.3 is 0 Å². The van der Waals surface area contributed by atoms with Crippen LogP contribution < -0.4 is 0 Å². The summed E-state index contributed by atoms with van der Waals surface area (Å²) in [5, 5.41) is 0. The number of rotatable bonds is 3. The SMILES string of the molecule is C[C@H]1CCCN(C2CCN(S(=O)(=O)c3ccc(F)cc3)CC2)C1. The highest BCUT2D eigenvalue weighted by molar-refractivity contribution is 7.89. The van der Waals surface area contributed by atoms with Crippen LogP contribution >= 0.6 is 0 Å². The van der Waals surface area contributed by atoms with Gasteiger partial charge in [0.1, 0.15) is 5.82 Å². The zero-order valence-corrected chi connectivity index (χ0v) is 14.4. The van der Waals surface area contributed by atoms with Crippen molar-refractivity contribution in [2.45, 2.75) is 43.5 Å². The van der Waals surface area contributed by atoms with Crippen LogP contribution in [0.5, 0.6) is 0 Å². The van der Waals surface area contributed by atoms with E-state index >= 15 is 0 Å². The summed E-state index contributed by atoms with van der Waals surface area (Å²) in [6.07, 6.45) is 4.31. The van der Waals surface area contributed by atoms with Gasteiger partial charge in [0.05, 0.1) is 4.90 Å². The van der Waals surface area contributed by atoms with E-state index in [-0.39, 0.29) is 4.90 Å². The first kappa shape index (κ1) is 16.9. The average molecular weight is 340 g/mol. The molecule has 1 atom stereocenters. The largest absolute Gasteiger partial charge is 0.300 e. The van der Waals surface area contributed by atoms with E-state index in [9.17, 15) is 12.8 Å². The molecule has 2 saturated heterocycles. The lowest BCUT2D eigenvalue weighted by atomic mass is 9.96. The van der Waals surface area contributed by atoms with E-state index in [2.05, 4.69) is 11.8 Å². The molecule has 4 nitrogen and oxygen atoms in total. The molecule has 0 N–H and O–H groups in total. The van der Waals surface area contributed by atoms with Crippen LogP contribution in [0.1, 0.15) is 32.6 Å². The lowest BCUT2D eigenvalue weighted by Crippen LogP contribution is -2.49. The maximum absolute atomic E-state index is 13.0. The fourth-order valence-electron chi connectivity index (χ4n) is 3.76. The Bertz CT molecular complexity index is 624. The number of piperidine rings is 2. The molecule has 0 aromatic heterocycles. The van der Waals surface area contributed by atoms with Gasteiger partial charge in [-0.1, -0.05) is 6.92 Å². The normalized spacial score (nSPS) is 25.6. The van der Waals surface area contributed by atoms with Gasteiger partial charge in [-0.2, -0.15) is 4.31 Å². The van der Waals surface area contributed by atoms with Crippen LogP contribution in [0.3, 0.4) is 0 Å². The van der Waals surface area contributed by atoms with Gasteiger partial charge in [-0.15, -0.1) is 0 Å². The van der Waals surface area contributed by atoms with Crippen molar-refractivity contribution in [1.82, 2.24) is 9.21 Å². The van der Waals surface area contributed by atoms with Crippen LogP contribution in [0.4, 0.5) is 4.39 Å². The molecule has 3 rings (SSSR count). The van der Waals surface area contributed by atoms with Crippen molar-refractivity contribution in [1.29, 1.82) is 0 Å². The Kier molecular flexibility index (Phi) is 5.04. The molecule has 2 heterocycles. The lowest BCUT2D eigenvalue weighted by molar-refractivity contribution is 0.0944. The summed E-state index contributed by atoms with van der Waals surface area (Å²) < 4.78 is 39.8. The van der Waals surface area contributed by atoms with Crippen molar-refractivity contribution in [3.05, 3.63) is 30.1 Å². The van der Waals surface area contributed by atoms with Gasteiger partial charge in [0.25, 0.3) is 0 Å². The maximum Gasteiger partial charge on any atom is 0.243 e. The van der Waals surface area contributed by atoms with Gasteiger partial charge in [0.2, 0.25) is 10.0 Å². The summed E-state index contributed by atoms with van der Waals surface area (Å²) >= 11 is 0. The first-order chi connectivity index (χ1) is 11.0. The van der Waals surface area contributed by atoms with Gasteiger partial charge in [-0.05, 0) is 62.4 Å². The third kappa shape index (κ3) is 3.75. The minimum Gasteiger partial charge on any atom is -0.300 e. The number of sulfonamides is 1. The predicted octanol–water partition coefficient (Wildman–Crippen LogP) is 2.71. The van der Waals surface area contributed by atoms with Crippen molar-refractivity contribution >= 4 is 10.0 Å². The van der Waals surface area contributed by atoms with Gasteiger partial charge in [-0.3, -0.25) is 0 Å². The topological polar surface area (TPSA) is 40.6 Å². The summed E-state index contributed by atoms with van der Waals surface area (Å²) in [4.78, 5) is 2.72. The highest BCUT2D eigenvalue weighted by atomic mass is 32.2. The Labute approximate surface area is 138 Å². The maximum atomic E-state index is 13.0. The summed E-state index contributed by atoms with van der Waals surface area (Å²) in [5.74, 6) is 0.326. The van der Waals surface area contributed by atoms with Crippen LogP contribution in [-0.4, -0.2) is 49.8 Å². The molecule has 128 valence electrons. The molecule has 0 radical (unpaired) electrons. The second-order valence-corrected chi connectivity index (χ2v) is 8.77. The van der Waals surface area contributed by atoms with Crippen molar-refractivity contribution in [2.24, 2.45) is 5.92 Å². The number of nitrogens with zero attached hydrogens (tertiary/aromatic N) is 2. The van der Waals surface area contributed by atoms with Gasteiger partial charge in [0.15, 0.2) is 0 Å². The Morgan fingerprint density at radius 2 is 1.70 bits per heavy atom. The van der Waals surface area contributed by atoms with Gasteiger partial charge in [0, 0.05) is 25.7 Å². The average Bonchev–Trinajstić information content (AvgIpc) is 2.55. The molecule has 23 heavy (non-hydrogen) atoms. The Balaban J connectivity index is 1.63. The Hall–Kier alpha value is -0.980. The molecule has 1 aromatic carbocycles. The fourth-order valence-corrected chi connectivity index (χ4v) is 5.23. The Morgan fingerprint density at radius 3 is 2.30 bits per heavy atom. The summed E-state index contributed by atoms with van der Waals surface area (Å²) in [7, 11) is -3.50. The highest BCUT2D eigenvalue weighted by Crippen LogP contribution is 2.26. The molecule has 1 aromatic rings. The lowest BCUT2D eigenvalue weighted by Gasteiger charge is -2.41. The molecule has 6 heteroatoms. The minimum absolute atomic E-state index is 0.184. The third-order valence-corrected chi connectivity index (χ3v) is 6.99. The van der Waals surface area contributed by atoms with Crippen LogP contribution in [0.25, 0.3) is 0 Å². The number of likely N-dealkylation sites (tertiary alicyclic amines) is 1. The fraction of sp³-hybridized carbons (Fsp3) is 0.647. The molecule has 0 aliphatic carbocycles. The van der Waals surface area contributed by atoms with Crippen molar-refractivity contribution in [3.8, 4) is 0 Å². The zero-order valence-electron chi connectivity index (χ0n) is 13.6. The first-order valence-corrected chi connectivity index (χ1v) is 9.90. The van der Waals surface area contributed by atoms with Crippen molar-refractivity contribution < 1.29 is 12.8 Å². The second-order valence-electron chi connectivity index (χ2n) is 6.83. The van der Waals surface area contributed by atoms with Crippen molar-refractivity contribution in [2.75, 3.05) is 26.2 Å². The quantitative estimate of drug-likeness (QED) is 0.849. The second kappa shape index (κ2) is 6.87. The molecular formula is C17H25FN2O2S. The van der Waals surface area contributed by atoms with E-state index in [1.165, 1.54) is 37.1 Å². The van der Waals surface area contributed by atoms with E-state index in [1.54, 1.807) is 4.31 Å². The summed E-state index contributed by atoms with van der Waals surface area (Å²) in [5.41, 5.74) is 0. The third-order valence-electron chi connectivity index (χ3n) is 5.08. The van der Waals surface area contributed by atoms with Gasteiger partial charge < -0.3 is 4.90 Å². The molecule has 0 spiro atoms. The number of hydrogen-bond donors (Lipinski definition) is 0. The molecule has 0 saturated carbocycles. The number of benzene rings is 1. The number of halogens is 1. The van der Waals surface area contributed by atoms with E-state index in [4.69, 9.17) is 0 Å². The highest BCUT2D eigenvalue weighted by Gasteiger charge is 2.32. The van der Waals surface area contributed by atoms with Gasteiger partial charge in [-0.25, -0.2) is 12.8 Å². The van der Waals surface area contributed by atoms with E-state index in [0.717, 1.165) is 31.8 Å². The molecule has 2 aliphatic rings. The molecule has 0 bridgehead atoms. The monoisotopic (exact) mass is 340 g/mol. The summed E-state index contributed by atoms with van der Waals surface area (Å²) in [6, 6.07) is 5.60. The minimum atomic E-state index is -3.50. The van der Waals surface area contributed by atoms with Crippen LogP contribution in [0.15, 0.2) is 29.2 Å². The van der Waals surface area contributed by atoms with Crippen LogP contribution in [-0.2, 0) is 10.0 Å². The standard InChI is InChI=1S/C17H25FN2O2S/c1-14-3-2-10-19(13-14)16-8-11-20(12-9-16)23(21,22)17-6-4-15(18)5-7-17/h4-7,14,16H,2-3,8-13H2,1H3/t14-/m0/s1. The van der Waals surface area contributed by atoms with E-state index < -0.39 is 15.8 Å². The molecule has 0 amide bonds. The molecule has 0 unspecified atom stereocenters. The van der Waals surface area contributed by atoms with Crippen molar-refractivity contribution in [3.63, 3.8) is 0 Å². The van der Waals surface area contributed by atoms with E-state index in [1.807, 2.05) is 0 Å². The Morgan fingerprint density at radius 1 is 1.04 bits per heavy atom. The first-order valence-electron chi connectivity index (χ1n) is 8.46. The van der Waals surface area contributed by atoms with E-state index in [0.29, 0.717) is 19.1 Å². The van der Waals surface area contributed by atoms with Crippen LogP contribution in [0.2, 0.25) is 0 Å². The smallest absolute Gasteiger partial charge is 0.243 e. The molecular weight excluding hydrogens is 315 g/mol. The molecule has 2 aliphatic heterocycles. The summed E-state index contributed by atoms with van der Waals surface area (Å²) in [6.45, 7) is 5.67.